The maximum atomic E-state index is 12.2. The fourth-order valence-electron chi connectivity index (χ4n) is 3.96. The average Bonchev–Trinajstić information content (AvgIpc) is 2.84. The van der Waals surface area contributed by atoms with E-state index in [1.165, 1.54) is 0 Å². The summed E-state index contributed by atoms with van der Waals surface area (Å²) in [5.41, 5.74) is 2.25. The molecule has 3 rings (SSSR count). The molecule has 2 N–H and O–H groups in total. The van der Waals surface area contributed by atoms with E-state index in [0.29, 0.717) is 6.54 Å². The molecule has 25 heavy (non-hydrogen) atoms. The normalized spacial score (nSPS) is 27.1. The fourth-order valence-corrected chi connectivity index (χ4v) is 3.96. The Balaban J connectivity index is 1.75. The van der Waals surface area contributed by atoms with Gasteiger partial charge in [-0.05, 0) is 40.2 Å². The van der Waals surface area contributed by atoms with Crippen molar-refractivity contribution in [1.82, 2.24) is 20.5 Å². The van der Waals surface area contributed by atoms with Crippen LogP contribution in [0.1, 0.15) is 36.6 Å². The molecule has 2 fully saturated rings. The number of aryl methyl sites for hydroxylation is 1. The largest absolute Gasteiger partial charge is 0.496 e. The highest BCUT2D eigenvalue weighted by Gasteiger charge is 2.48. The van der Waals surface area contributed by atoms with E-state index in [9.17, 15) is 9.59 Å². The van der Waals surface area contributed by atoms with Gasteiger partial charge in [0.05, 0.1) is 12.8 Å². The lowest BCUT2D eigenvalue weighted by atomic mass is 9.80. The van der Waals surface area contributed by atoms with Crippen LogP contribution in [0, 0.1) is 19.8 Å². The van der Waals surface area contributed by atoms with Crippen molar-refractivity contribution in [2.24, 2.45) is 5.92 Å². The van der Waals surface area contributed by atoms with E-state index in [1.54, 1.807) is 7.11 Å². The molecular formula is C18H26N4O3. The first-order chi connectivity index (χ1) is 11.8. The summed E-state index contributed by atoms with van der Waals surface area (Å²) in [6, 6.07) is -0.398. The van der Waals surface area contributed by atoms with Crippen LogP contribution in [0.3, 0.4) is 0 Å². The third-order valence-corrected chi connectivity index (χ3v) is 5.52. The number of likely N-dealkylation sites (tertiary alicyclic amines) is 1. The highest BCUT2D eigenvalue weighted by Crippen LogP contribution is 2.31. The number of hydrogen-bond acceptors (Lipinski definition) is 5. The third-order valence-electron chi connectivity index (χ3n) is 5.52. The molecule has 7 heteroatoms. The molecule has 0 aliphatic carbocycles. The fraction of sp³-hybridized carbons (Fsp3) is 0.611. The van der Waals surface area contributed by atoms with Gasteiger partial charge in [-0.3, -0.25) is 20.0 Å². The van der Waals surface area contributed by atoms with Crippen molar-refractivity contribution >= 4 is 11.9 Å². The van der Waals surface area contributed by atoms with E-state index in [1.807, 2.05) is 27.0 Å². The molecule has 2 saturated heterocycles. The zero-order valence-electron chi connectivity index (χ0n) is 15.3. The number of urea groups is 1. The van der Waals surface area contributed by atoms with Crippen LogP contribution in [0.15, 0.2) is 6.20 Å². The van der Waals surface area contributed by atoms with Crippen molar-refractivity contribution in [1.29, 1.82) is 0 Å². The molecule has 7 nitrogen and oxygen atoms in total. The molecule has 0 aromatic carbocycles. The first kappa shape index (κ1) is 17.7. The van der Waals surface area contributed by atoms with Gasteiger partial charge in [0.15, 0.2) is 0 Å². The first-order valence-corrected chi connectivity index (χ1v) is 8.70. The number of amides is 3. The molecule has 3 heterocycles. The molecule has 2 aliphatic rings. The highest BCUT2D eigenvalue weighted by molar-refractivity contribution is 6.07. The summed E-state index contributed by atoms with van der Waals surface area (Å²) in [6.07, 6.45) is 3.75. The Morgan fingerprint density at radius 2 is 2.16 bits per heavy atom. The van der Waals surface area contributed by atoms with E-state index in [0.717, 1.165) is 48.5 Å². The van der Waals surface area contributed by atoms with E-state index >= 15 is 0 Å². The third kappa shape index (κ3) is 3.20. The van der Waals surface area contributed by atoms with E-state index in [2.05, 4.69) is 20.5 Å². The number of carbonyl (C=O) groups excluding carboxylic acids is 2. The molecular weight excluding hydrogens is 320 g/mol. The standard InChI is InChI=1S/C18H26N4O3/c1-11-8-19-14(12(2)15(11)25-4)10-22-7-5-6-13(9-22)18(3)16(23)20-17(24)21-18/h8,13H,5-7,9-10H2,1-4H3,(H2,20,21,23,24)/t13-,18+/m1/s1. The van der Waals surface area contributed by atoms with Crippen LogP contribution in [0.5, 0.6) is 5.75 Å². The number of imide groups is 1. The first-order valence-electron chi connectivity index (χ1n) is 8.70. The number of nitrogens with zero attached hydrogens (tertiary/aromatic N) is 2. The van der Waals surface area contributed by atoms with Crippen LogP contribution in [-0.2, 0) is 11.3 Å². The second kappa shape index (κ2) is 6.63. The molecule has 2 atom stereocenters. The smallest absolute Gasteiger partial charge is 0.322 e. The van der Waals surface area contributed by atoms with Crippen LogP contribution >= 0.6 is 0 Å². The SMILES string of the molecule is COc1c(C)cnc(CN2CCC[C@@H]([C@]3(C)NC(=O)NC3=O)C2)c1C. The molecule has 0 spiro atoms. The number of carbonyl (C=O) groups is 2. The van der Waals surface area contributed by atoms with Crippen LogP contribution in [0.25, 0.3) is 0 Å². The summed E-state index contributed by atoms with van der Waals surface area (Å²) in [5, 5.41) is 5.17. The van der Waals surface area contributed by atoms with Crippen LogP contribution in [0.4, 0.5) is 4.79 Å². The molecule has 0 saturated carbocycles. The van der Waals surface area contributed by atoms with Gasteiger partial charge < -0.3 is 10.1 Å². The number of methoxy groups -OCH3 is 1. The zero-order valence-corrected chi connectivity index (χ0v) is 15.3. The molecule has 2 aliphatic heterocycles. The van der Waals surface area contributed by atoms with Crippen molar-refractivity contribution in [3.8, 4) is 5.75 Å². The topological polar surface area (TPSA) is 83.6 Å². The minimum atomic E-state index is -0.830. The summed E-state index contributed by atoms with van der Waals surface area (Å²) >= 11 is 0. The van der Waals surface area contributed by atoms with Gasteiger partial charge in [0.1, 0.15) is 11.3 Å². The van der Waals surface area contributed by atoms with Gasteiger partial charge in [0.2, 0.25) is 0 Å². The molecule has 0 radical (unpaired) electrons. The molecule has 0 bridgehead atoms. The summed E-state index contributed by atoms with van der Waals surface area (Å²) in [6.45, 7) is 8.26. The van der Waals surface area contributed by atoms with Crippen molar-refractivity contribution in [3.05, 3.63) is 23.0 Å². The average molecular weight is 346 g/mol. The number of piperidine rings is 1. The molecule has 1 aromatic rings. The number of nitrogens with one attached hydrogen (secondary N) is 2. The van der Waals surface area contributed by atoms with Crippen LogP contribution in [-0.4, -0.2) is 47.6 Å². The predicted octanol–water partition coefficient (Wildman–Crippen LogP) is 1.52. The molecule has 136 valence electrons. The Hall–Kier alpha value is -2.15. The quantitative estimate of drug-likeness (QED) is 0.808. The summed E-state index contributed by atoms with van der Waals surface area (Å²) < 4.78 is 5.49. The Morgan fingerprint density at radius 1 is 1.40 bits per heavy atom. The van der Waals surface area contributed by atoms with Crippen LogP contribution in [0.2, 0.25) is 0 Å². The van der Waals surface area contributed by atoms with Gasteiger partial charge in [0.25, 0.3) is 5.91 Å². The summed E-state index contributed by atoms with van der Waals surface area (Å²) in [7, 11) is 1.68. The van der Waals surface area contributed by atoms with Crippen molar-refractivity contribution in [2.75, 3.05) is 20.2 Å². The Bertz CT molecular complexity index is 706. The number of pyridine rings is 1. The number of aromatic nitrogens is 1. The monoisotopic (exact) mass is 346 g/mol. The Labute approximate surface area is 148 Å². The lowest BCUT2D eigenvalue weighted by Gasteiger charge is -2.39. The van der Waals surface area contributed by atoms with Gasteiger partial charge >= 0.3 is 6.03 Å². The maximum absolute atomic E-state index is 12.2. The van der Waals surface area contributed by atoms with Gasteiger partial charge in [-0.15, -0.1) is 0 Å². The predicted molar refractivity (Wildman–Crippen MR) is 93.3 cm³/mol. The summed E-state index contributed by atoms with van der Waals surface area (Å²) in [4.78, 5) is 30.6. The van der Waals surface area contributed by atoms with Gasteiger partial charge in [0, 0.05) is 36.3 Å². The van der Waals surface area contributed by atoms with Gasteiger partial charge in [-0.1, -0.05) is 0 Å². The van der Waals surface area contributed by atoms with Crippen molar-refractivity contribution in [2.45, 2.75) is 45.7 Å². The molecule has 0 unspecified atom stereocenters. The second-order valence-electron chi connectivity index (χ2n) is 7.23. The number of ether oxygens (including phenoxy) is 1. The maximum Gasteiger partial charge on any atom is 0.322 e. The molecule has 1 aromatic heterocycles. The summed E-state index contributed by atoms with van der Waals surface area (Å²) in [5.74, 6) is 0.740. The van der Waals surface area contributed by atoms with E-state index in [-0.39, 0.29) is 11.8 Å². The van der Waals surface area contributed by atoms with Crippen molar-refractivity contribution < 1.29 is 14.3 Å². The second-order valence-corrected chi connectivity index (χ2v) is 7.23. The van der Waals surface area contributed by atoms with E-state index in [4.69, 9.17) is 4.74 Å². The molecule has 3 amide bonds. The van der Waals surface area contributed by atoms with Crippen molar-refractivity contribution in [3.63, 3.8) is 0 Å². The zero-order chi connectivity index (χ0) is 18.2. The Kier molecular flexibility index (Phi) is 4.69. The van der Waals surface area contributed by atoms with E-state index < -0.39 is 11.6 Å². The highest BCUT2D eigenvalue weighted by atomic mass is 16.5. The minimum Gasteiger partial charge on any atom is -0.496 e. The lowest BCUT2D eigenvalue weighted by molar-refractivity contribution is -0.126. The van der Waals surface area contributed by atoms with Gasteiger partial charge in [-0.25, -0.2) is 4.79 Å². The minimum absolute atomic E-state index is 0.0837. The number of rotatable bonds is 4. The number of hydrogen-bond donors (Lipinski definition) is 2. The van der Waals surface area contributed by atoms with Gasteiger partial charge in [-0.2, -0.15) is 0 Å². The lowest BCUT2D eigenvalue weighted by Crippen LogP contribution is -2.55. The Morgan fingerprint density at radius 3 is 2.80 bits per heavy atom. The van der Waals surface area contributed by atoms with Crippen LogP contribution < -0.4 is 15.4 Å².